The lowest BCUT2D eigenvalue weighted by atomic mass is 9.77. The Morgan fingerprint density at radius 3 is 2.68 bits per heavy atom. The van der Waals surface area contributed by atoms with E-state index in [4.69, 9.17) is 0 Å². The van der Waals surface area contributed by atoms with E-state index in [1.165, 1.54) is 38.5 Å². The van der Waals surface area contributed by atoms with Gasteiger partial charge in [-0.1, -0.05) is 26.7 Å². The highest BCUT2D eigenvalue weighted by Crippen LogP contribution is 2.33. The molecule has 0 amide bonds. The first-order chi connectivity index (χ1) is 9.17. The molecule has 19 heavy (non-hydrogen) atoms. The molecule has 1 heterocycles. The molecule has 108 valence electrons. The topological polar surface area (TPSA) is 55.6 Å². The summed E-state index contributed by atoms with van der Waals surface area (Å²) >= 11 is 0. The summed E-state index contributed by atoms with van der Waals surface area (Å²) in [6, 6.07) is 0.766. The van der Waals surface area contributed by atoms with Gasteiger partial charge in [-0.25, -0.2) is 0 Å². The summed E-state index contributed by atoms with van der Waals surface area (Å²) in [5.74, 6) is 0.887. The van der Waals surface area contributed by atoms with Crippen molar-refractivity contribution in [3.63, 3.8) is 0 Å². The number of hydrogen-bond donors (Lipinski definition) is 1. The number of nitrogens with zero attached hydrogens (tertiary/aromatic N) is 4. The van der Waals surface area contributed by atoms with E-state index >= 15 is 0 Å². The molecule has 0 bridgehead atoms. The second-order valence-electron chi connectivity index (χ2n) is 5.98. The van der Waals surface area contributed by atoms with Gasteiger partial charge in [-0.15, -0.1) is 10.2 Å². The average molecular weight is 265 g/mol. The Bertz CT molecular complexity index is 385. The van der Waals surface area contributed by atoms with Crippen molar-refractivity contribution in [3.05, 3.63) is 5.82 Å². The summed E-state index contributed by atoms with van der Waals surface area (Å²) in [4.78, 5) is 1.56. The van der Waals surface area contributed by atoms with Gasteiger partial charge in [0.15, 0.2) is 5.82 Å². The normalized spacial score (nSPS) is 18.5. The van der Waals surface area contributed by atoms with Gasteiger partial charge in [0, 0.05) is 19.0 Å². The molecular formula is C14H27N5. The van der Waals surface area contributed by atoms with Gasteiger partial charge in [0.2, 0.25) is 0 Å². The molecule has 0 radical (unpaired) electrons. The third kappa shape index (κ3) is 4.27. The summed E-state index contributed by atoms with van der Waals surface area (Å²) in [5.41, 5.74) is 0.293. The van der Waals surface area contributed by atoms with Gasteiger partial charge in [0.05, 0.1) is 7.05 Å². The smallest absolute Gasteiger partial charge is 0.175 e. The van der Waals surface area contributed by atoms with E-state index in [-0.39, 0.29) is 0 Å². The first-order valence-corrected chi connectivity index (χ1v) is 7.64. The maximum Gasteiger partial charge on any atom is 0.175 e. The van der Waals surface area contributed by atoms with Crippen molar-refractivity contribution in [2.24, 2.45) is 12.5 Å². The standard InChI is InChI=1S/C14H27N5/c1-4-6-9-14(5-2,11-15-12-7-8-12)10-13-16-18-19(3)17-13/h12,15H,4-11H2,1-3H3. The number of hydrogen-bond acceptors (Lipinski definition) is 4. The van der Waals surface area contributed by atoms with Crippen LogP contribution < -0.4 is 5.32 Å². The van der Waals surface area contributed by atoms with Gasteiger partial charge in [-0.05, 0) is 36.3 Å². The van der Waals surface area contributed by atoms with Crippen LogP contribution in [-0.2, 0) is 13.5 Å². The van der Waals surface area contributed by atoms with Gasteiger partial charge in [-0.3, -0.25) is 0 Å². The molecule has 0 aromatic carbocycles. The van der Waals surface area contributed by atoms with E-state index in [1.807, 2.05) is 7.05 Å². The highest BCUT2D eigenvalue weighted by Gasteiger charge is 2.32. The molecule has 1 N–H and O–H groups in total. The Kier molecular flexibility index (Phi) is 4.91. The lowest BCUT2D eigenvalue weighted by molar-refractivity contribution is 0.223. The lowest BCUT2D eigenvalue weighted by Gasteiger charge is -2.32. The predicted octanol–water partition coefficient (Wildman–Crippen LogP) is 2.09. The molecular weight excluding hydrogens is 238 g/mol. The number of nitrogens with one attached hydrogen (secondary N) is 1. The fraction of sp³-hybridized carbons (Fsp3) is 0.929. The van der Waals surface area contributed by atoms with Crippen LogP contribution >= 0.6 is 0 Å². The van der Waals surface area contributed by atoms with Gasteiger partial charge in [0.25, 0.3) is 0 Å². The molecule has 0 aliphatic heterocycles. The Hall–Kier alpha value is -0.970. The van der Waals surface area contributed by atoms with Gasteiger partial charge >= 0.3 is 0 Å². The molecule has 1 aliphatic rings. The number of aromatic nitrogens is 4. The molecule has 5 heteroatoms. The molecule has 0 spiro atoms. The van der Waals surface area contributed by atoms with Crippen LogP contribution in [0.4, 0.5) is 0 Å². The maximum absolute atomic E-state index is 4.36. The quantitative estimate of drug-likeness (QED) is 0.743. The molecule has 1 aliphatic carbocycles. The third-order valence-corrected chi connectivity index (χ3v) is 4.24. The van der Waals surface area contributed by atoms with E-state index in [0.717, 1.165) is 24.8 Å². The number of aryl methyl sites for hydroxylation is 1. The Morgan fingerprint density at radius 2 is 2.16 bits per heavy atom. The molecule has 1 atom stereocenters. The van der Waals surface area contributed by atoms with Crippen LogP contribution in [0.5, 0.6) is 0 Å². The van der Waals surface area contributed by atoms with Crippen LogP contribution in [-0.4, -0.2) is 32.8 Å². The van der Waals surface area contributed by atoms with Crippen molar-refractivity contribution < 1.29 is 0 Å². The van der Waals surface area contributed by atoms with Crippen LogP contribution in [0.25, 0.3) is 0 Å². The molecule has 5 nitrogen and oxygen atoms in total. The number of unbranched alkanes of at least 4 members (excludes halogenated alkanes) is 1. The van der Waals surface area contributed by atoms with Gasteiger partial charge in [0.1, 0.15) is 0 Å². The van der Waals surface area contributed by atoms with Gasteiger partial charge < -0.3 is 5.32 Å². The largest absolute Gasteiger partial charge is 0.313 e. The van der Waals surface area contributed by atoms with Crippen LogP contribution in [0.3, 0.4) is 0 Å². The zero-order valence-corrected chi connectivity index (χ0v) is 12.5. The fourth-order valence-corrected chi connectivity index (χ4v) is 2.60. The fourth-order valence-electron chi connectivity index (χ4n) is 2.60. The second-order valence-corrected chi connectivity index (χ2v) is 5.98. The lowest BCUT2D eigenvalue weighted by Crippen LogP contribution is -2.37. The molecule has 2 rings (SSSR count). The first kappa shape index (κ1) is 14.4. The molecule has 1 fully saturated rings. The van der Waals surface area contributed by atoms with Crippen molar-refractivity contribution in [2.75, 3.05) is 6.54 Å². The van der Waals surface area contributed by atoms with E-state index in [9.17, 15) is 0 Å². The minimum absolute atomic E-state index is 0.293. The predicted molar refractivity (Wildman–Crippen MR) is 75.8 cm³/mol. The Morgan fingerprint density at radius 1 is 1.37 bits per heavy atom. The van der Waals surface area contributed by atoms with E-state index in [0.29, 0.717) is 5.41 Å². The van der Waals surface area contributed by atoms with Gasteiger partial charge in [-0.2, -0.15) is 4.80 Å². The van der Waals surface area contributed by atoms with Crippen molar-refractivity contribution in [1.82, 2.24) is 25.5 Å². The molecule has 1 aromatic rings. The van der Waals surface area contributed by atoms with Crippen LogP contribution in [0, 0.1) is 5.41 Å². The second kappa shape index (κ2) is 6.46. The van der Waals surface area contributed by atoms with Crippen molar-refractivity contribution in [2.45, 2.75) is 64.8 Å². The monoisotopic (exact) mass is 265 g/mol. The Labute approximate surface area is 116 Å². The van der Waals surface area contributed by atoms with Crippen LogP contribution in [0.1, 0.15) is 58.2 Å². The summed E-state index contributed by atoms with van der Waals surface area (Å²) in [5, 5.41) is 16.2. The first-order valence-electron chi connectivity index (χ1n) is 7.64. The van der Waals surface area contributed by atoms with Crippen molar-refractivity contribution in [3.8, 4) is 0 Å². The molecule has 1 saturated carbocycles. The maximum atomic E-state index is 4.36. The highest BCUT2D eigenvalue weighted by atomic mass is 15.6. The molecule has 1 unspecified atom stereocenters. The van der Waals surface area contributed by atoms with E-state index in [1.54, 1.807) is 4.80 Å². The highest BCUT2D eigenvalue weighted by molar-refractivity contribution is 4.93. The summed E-state index contributed by atoms with van der Waals surface area (Å²) in [6.45, 7) is 5.64. The molecule has 0 saturated heterocycles. The van der Waals surface area contributed by atoms with Crippen molar-refractivity contribution >= 4 is 0 Å². The van der Waals surface area contributed by atoms with Crippen molar-refractivity contribution in [1.29, 1.82) is 0 Å². The number of rotatable bonds is 9. The Balaban J connectivity index is 2.00. The zero-order valence-electron chi connectivity index (χ0n) is 12.5. The van der Waals surface area contributed by atoms with E-state index in [2.05, 4.69) is 34.6 Å². The van der Waals surface area contributed by atoms with Crippen LogP contribution in [0.2, 0.25) is 0 Å². The minimum Gasteiger partial charge on any atom is -0.313 e. The number of tetrazole rings is 1. The average Bonchev–Trinajstić information content (AvgIpc) is 3.16. The molecule has 1 aromatic heterocycles. The zero-order chi connectivity index (χ0) is 13.7. The summed E-state index contributed by atoms with van der Waals surface area (Å²) < 4.78 is 0. The van der Waals surface area contributed by atoms with E-state index < -0.39 is 0 Å². The third-order valence-electron chi connectivity index (χ3n) is 4.24. The van der Waals surface area contributed by atoms with Crippen LogP contribution in [0.15, 0.2) is 0 Å². The summed E-state index contributed by atoms with van der Waals surface area (Å²) in [6.07, 6.45) is 8.58. The SMILES string of the molecule is CCCCC(CC)(CNC1CC1)Cc1nnn(C)n1. The summed E-state index contributed by atoms with van der Waals surface area (Å²) in [7, 11) is 1.83. The minimum atomic E-state index is 0.293.